The van der Waals surface area contributed by atoms with E-state index in [1.807, 2.05) is 0 Å². The SMILES string of the molecule is Cc1cc(C(=O)Nc2ccc(C(=O)NCCC(=O)O)cc2)n(C)n1. The number of benzene rings is 1. The Morgan fingerprint density at radius 2 is 1.83 bits per heavy atom. The van der Waals surface area contributed by atoms with Crippen LogP contribution in [0.2, 0.25) is 0 Å². The van der Waals surface area contributed by atoms with Crippen LogP contribution in [0, 0.1) is 6.92 Å². The van der Waals surface area contributed by atoms with E-state index >= 15 is 0 Å². The second-order valence-electron chi connectivity index (χ2n) is 5.23. The molecular weight excluding hydrogens is 312 g/mol. The van der Waals surface area contributed by atoms with Gasteiger partial charge in [0.25, 0.3) is 11.8 Å². The van der Waals surface area contributed by atoms with E-state index in [9.17, 15) is 14.4 Å². The summed E-state index contributed by atoms with van der Waals surface area (Å²) in [5.74, 6) is -1.63. The van der Waals surface area contributed by atoms with E-state index in [1.54, 1.807) is 44.3 Å². The normalized spacial score (nSPS) is 10.2. The first-order valence-electron chi connectivity index (χ1n) is 7.29. The maximum atomic E-state index is 12.2. The van der Waals surface area contributed by atoms with Gasteiger partial charge in [0.05, 0.1) is 12.1 Å². The minimum Gasteiger partial charge on any atom is -0.481 e. The summed E-state index contributed by atoms with van der Waals surface area (Å²) in [5.41, 5.74) is 2.11. The predicted octanol–water partition coefficient (Wildman–Crippen LogP) is 1.19. The van der Waals surface area contributed by atoms with Crippen LogP contribution in [0.15, 0.2) is 30.3 Å². The standard InChI is InChI=1S/C16H18N4O4/c1-10-9-13(20(2)19-10)16(24)18-12-5-3-11(4-6-12)15(23)17-8-7-14(21)22/h3-6,9H,7-8H2,1-2H3,(H,17,23)(H,18,24)(H,21,22). The molecule has 0 aliphatic carbocycles. The van der Waals surface area contributed by atoms with Crippen molar-refractivity contribution in [3.63, 3.8) is 0 Å². The van der Waals surface area contributed by atoms with Crippen molar-refractivity contribution in [1.29, 1.82) is 0 Å². The van der Waals surface area contributed by atoms with Gasteiger partial charge >= 0.3 is 5.97 Å². The average Bonchev–Trinajstić information content (AvgIpc) is 2.86. The molecule has 0 saturated carbocycles. The third-order valence-electron chi connectivity index (χ3n) is 3.26. The Morgan fingerprint density at radius 3 is 2.38 bits per heavy atom. The van der Waals surface area contributed by atoms with Crippen LogP contribution in [0.25, 0.3) is 0 Å². The quantitative estimate of drug-likeness (QED) is 0.736. The van der Waals surface area contributed by atoms with Crippen molar-refractivity contribution in [3.8, 4) is 0 Å². The van der Waals surface area contributed by atoms with E-state index < -0.39 is 5.97 Å². The van der Waals surface area contributed by atoms with Crippen molar-refractivity contribution < 1.29 is 19.5 Å². The lowest BCUT2D eigenvalue weighted by molar-refractivity contribution is -0.136. The van der Waals surface area contributed by atoms with Gasteiger partial charge in [0, 0.05) is 24.8 Å². The number of carboxylic acid groups (broad SMARTS) is 1. The van der Waals surface area contributed by atoms with Crippen LogP contribution in [0.3, 0.4) is 0 Å². The molecule has 3 N–H and O–H groups in total. The lowest BCUT2D eigenvalue weighted by Gasteiger charge is -2.07. The van der Waals surface area contributed by atoms with Crippen LogP contribution >= 0.6 is 0 Å². The molecule has 0 atom stereocenters. The molecule has 0 unspecified atom stereocenters. The third-order valence-corrected chi connectivity index (χ3v) is 3.26. The highest BCUT2D eigenvalue weighted by Crippen LogP contribution is 2.12. The zero-order chi connectivity index (χ0) is 17.7. The molecule has 8 heteroatoms. The van der Waals surface area contributed by atoms with Crippen molar-refractivity contribution in [3.05, 3.63) is 47.3 Å². The summed E-state index contributed by atoms with van der Waals surface area (Å²) in [7, 11) is 1.69. The highest BCUT2D eigenvalue weighted by molar-refractivity contribution is 6.03. The number of nitrogens with zero attached hydrogens (tertiary/aromatic N) is 2. The molecule has 8 nitrogen and oxygen atoms in total. The predicted molar refractivity (Wildman–Crippen MR) is 86.9 cm³/mol. The molecule has 24 heavy (non-hydrogen) atoms. The van der Waals surface area contributed by atoms with Crippen molar-refractivity contribution in [2.75, 3.05) is 11.9 Å². The molecule has 0 aliphatic rings. The fourth-order valence-corrected chi connectivity index (χ4v) is 2.11. The molecular formula is C16H18N4O4. The number of aryl methyl sites for hydroxylation is 2. The second-order valence-corrected chi connectivity index (χ2v) is 5.23. The molecule has 1 heterocycles. The summed E-state index contributed by atoms with van der Waals surface area (Å²) in [6.07, 6.45) is -0.135. The van der Waals surface area contributed by atoms with Crippen LogP contribution in [0.5, 0.6) is 0 Å². The van der Waals surface area contributed by atoms with Crippen LogP contribution in [0.1, 0.15) is 33.0 Å². The Morgan fingerprint density at radius 1 is 1.17 bits per heavy atom. The summed E-state index contributed by atoms with van der Waals surface area (Å²) in [5, 5.41) is 17.9. The molecule has 0 radical (unpaired) electrons. The van der Waals surface area contributed by atoms with Gasteiger partial charge in [-0.2, -0.15) is 5.10 Å². The molecule has 0 spiro atoms. The summed E-state index contributed by atoms with van der Waals surface area (Å²) in [4.78, 5) is 34.4. The molecule has 2 aromatic rings. The lowest BCUT2D eigenvalue weighted by atomic mass is 10.2. The van der Waals surface area contributed by atoms with Gasteiger partial charge < -0.3 is 15.7 Å². The fraction of sp³-hybridized carbons (Fsp3) is 0.250. The van der Waals surface area contributed by atoms with Crippen molar-refractivity contribution in [2.45, 2.75) is 13.3 Å². The number of hydrogen-bond donors (Lipinski definition) is 3. The molecule has 1 aromatic heterocycles. The first-order valence-corrected chi connectivity index (χ1v) is 7.29. The van der Waals surface area contributed by atoms with Gasteiger partial charge in [-0.05, 0) is 37.3 Å². The monoisotopic (exact) mass is 330 g/mol. The number of amides is 2. The molecule has 0 fully saturated rings. The number of aromatic nitrogens is 2. The maximum Gasteiger partial charge on any atom is 0.305 e. The summed E-state index contributed by atoms with van der Waals surface area (Å²) in [6.45, 7) is 1.86. The van der Waals surface area contributed by atoms with Gasteiger partial charge in [0.2, 0.25) is 0 Å². The number of rotatable bonds is 6. The van der Waals surface area contributed by atoms with E-state index in [0.717, 1.165) is 5.69 Å². The van der Waals surface area contributed by atoms with Gasteiger partial charge in [-0.15, -0.1) is 0 Å². The van der Waals surface area contributed by atoms with E-state index in [2.05, 4.69) is 15.7 Å². The van der Waals surface area contributed by atoms with Gasteiger partial charge in [-0.25, -0.2) is 0 Å². The molecule has 2 amide bonds. The average molecular weight is 330 g/mol. The highest BCUT2D eigenvalue weighted by Gasteiger charge is 2.12. The Labute approximate surface area is 138 Å². The van der Waals surface area contributed by atoms with Crippen molar-refractivity contribution in [2.24, 2.45) is 7.05 Å². The Balaban J connectivity index is 1.96. The number of carbonyl (C=O) groups excluding carboxylic acids is 2. The van der Waals surface area contributed by atoms with Crippen LogP contribution in [-0.4, -0.2) is 39.2 Å². The molecule has 126 valence electrons. The number of nitrogens with one attached hydrogen (secondary N) is 2. The first kappa shape index (κ1) is 17.2. The number of aliphatic carboxylic acids is 1. The van der Waals surface area contributed by atoms with E-state index in [-0.39, 0.29) is 24.8 Å². The molecule has 2 rings (SSSR count). The zero-order valence-corrected chi connectivity index (χ0v) is 13.4. The smallest absolute Gasteiger partial charge is 0.305 e. The van der Waals surface area contributed by atoms with Gasteiger partial charge in [0.15, 0.2) is 0 Å². The van der Waals surface area contributed by atoms with Crippen LogP contribution < -0.4 is 10.6 Å². The summed E-state index contributed by atoms with van der Waals surface area (Å²) in [6, 6.07) is 8.00. The minimum absolute atomic E-state index is 0.0620. The van der Waals surface area contributed by atoms with E-state index in [1.165, 1.54) is 4.68 Å². The van der Waals surface area contributed by atoms with Crippen LogP contribution in [-0.2, 0) is 11.8 Å². The number of anilines is 1. The summed E-state index contributed by atoms with van der Waals surface area (Å²) >= 11 is 0. The lowest BCUT2D eigenvalue weighted by Crippen LogP contribution is -2.26. The van der Waals surface area contributed by atoms with Crippen molar-refractivity contribution >= 4 is 23.5 Å². The van der Waals surface area contributed by atoms with Gasteiger partial charge in [-0.1, -0.05) is 0 Å². The number of carbonyl (C=O) groups is 3. The second kappa shape index (κ2) is 7.40. The van der Waals surface area contributed by atoms with Gasteiger partial charge in [-0.3, -0.25) is 19.1 Å². The maximum absolute atomic E-state index is 12.2. The number of carboxylic acids is 1. The van der Waals surface area contributed by atoms with Crippen LogP contribution in [0.4, 0.5) is 5.69 Å². The zero-order valence-electron chi connectivity index (χ0n) is 13.4. The third kappa shape index (κ3) is 4.42. The molecule has 0 aliphatic heterocycles. The first-order chi connectivity index (χ1) is 11.4. The number of hydrogen-bond acceptors (Lipinski definition) is 4. The molecule has 0 saturated heterocycles. The van der Waals surface area contributed by atoms with Gasteiger partial charge in [0.1, 0.15) is 5.69 Å². The molecule has 1 aromatic carbocycles. The minimum atomic E-state index is -0.973. The topological polar surface area (TPSA) is 113 Å². The van der Waals surface area contributed by atoms with E-state index in [4.69, 9.17) is 5.11 Å². The van der Waals surface area contributed by atoms with E-state index in [0.29, 0.717) is 16.9 Å². The Kier molecular flexibility index (Phi) is 5.31. The molecule has 0 bridgehead atoms. The Hall–Kier alpha value is -3.16. The van der Waals surface area contributed by atoms with Crippen molar-refractivity contribution in [1.82, 2.24) is 15.1 Å². The fourth-order valence-electron chi connectivity index (χ4n) is 2.11. The largest absolute Gasteiger partial charge is 0.481 e. The highest BCUT2D eigenvalue weighted by atomic mass is 16.4. The summed E-state index contributed by atoms with van der Waals surface area (Å²) < 4.78 is 1.49. The Bertz CT molecular complexity index is 765.